The van der Waals surface area contributed by atoms with Crippen molar-refractivity contribution >= 4 is 31.6 Å². The molecule has 1 rings (SSSR count). The number of anilines is 1. The van der Waals surface area contributed by atoms with Crippen LogP contribution in [-0.2, 0) is 10.0 Å². The molecule has 0 unspecified atom stereocenters. The molecule has 0 aliphatic rings. The first kappa shape index (κ1) is 13.3. The van der Waals surface area contributed by atoms with E-state index < -0.39 is 15.3 Å². The summed E-state index contributed by atoms with van der Waals surface area (Å²) in [5, 5.41) is -0.470. The van der Waals surface area contributed by atoms with Crippen LogP contribution in [0.1, 0.15) is 13.8 Å². The second-order valence-corrected chi connectivity index (χ2v) is 6.64. The lowest BCUT2D eigenvalue weighted by molar-refractivity contribution is 0.412. The summed E-state index contributed by atoms with van der Waals surface area (Å²) in [5.74, 6) is 0.587. The SMILES string of the molecule is COc1cc(NS(=O)(=O)C(C)C)ccc1Br. The van der Waals surface area contributed by atoms with Crippen LogP contribution in [0.25, 0.3) is 0 Å². The first-order valence-corrected chi connectivity index (χ1v) is 7.06. The molecule has 0 atom stereocenters. The van der Waals surface area contributed by atoms with Crippen LogP contribution in [0.5, 0.6) is 5.75 Å². The second kappa shape index (κ2) is 5.05. The van der Waals surface area contributed by atoms with Crippen LogP contribution in [0, 0.1) is 0 Å². The third kappa shape index (κ3) is 3.12. The van der Waals surface area contributed by atoms with E-state index in [1.165, 1.54) is 7.11 Å². The van der Waals surface area contributed by atoms with Crippen molar-refractivity contribution in [1.29, 1.82) is 0 Å². The molecule has 4 nitrogen and oxygen atoms in total. The normalized spacial score (nSPS) is 11.6. The van der Waals surface area contributed by atoms with Gasteiger partial charge in [-0.15, -0.1) is 0 Å². The summed E-state index contributed by atoms with van der Waals surface area (Å²) in [5.41, 5.74) is 0.494. The van der Waals surface area contributed by atoms with Crippen LogP contribution in [0.2, 0.25) is 0 Å². The Hall–Kier alpha value is -0.750. The van der Waals surface area contributed by atoms with Crippen LogP contribution in [0.15, 0.2) is 22.7 Å². The van der Waals surface area contributed by atoms with Gasteiger partial charge in [0.05, 0.1) is 22.5 Å². The van der Waals surface area contributed by atoms with E-state index in [9.17, 15) is 8.42 Å². The predicted molar refractivity (Wildman–Crippen MR) is 68.4 cm³/mol. The third-order valence-corrected chi connectivity index (χ3v) is 4.45. The van der Waals surface area contributed by atoms with Gasteiger partial charge in [0.2, 0.25) is 10.0 Å². The minimum Gasteiger partial charge on any atom is -0.495 e. The number of ether oxygens (including phenoxy) is 1. The molecular weight excluding hydrogens is 294 g/mol. The van der Waals surface area contributed by atoms with Gasteiger partial charge in [0.1, 0.15) is 5.75 Å². The molecule has 90 valence electrons. The molecule has 0 aliphatic heterocycles. The molecule has 0 fully saturated rings. The fourth-order valence-corrected chi connectivity index (χ4v) is 2.11. The smallest absolute Gasteiger partial charge is 0.235 e. The van der Waals surface area contributed by atoms with Gasteiger partial charge in [-0.25, -0.2) is 8.42 Å². The highest BCUT2D eigenvalue weighted by molar-refractivity contribution is 9.10. The number of methoxy groups -OCH3 is 1. The minimum atomic E-state index is -3.31. The number of nitrogens with one attached hydrogen (secondary N) is 1. The Balaban J connectivity index is 2.99. The molecule has 0 aliphatic carbocycles. The summed E-state index contributed by atoms with van der Waals surface area (Å²) in [4.78, 5) is 0. The summed E-state index contributed by atoms with van der Waals surface area (Å²) in [6, 6.07) is 5.04. The number of rotatable bonds is 4. The first-order chi connectivity index (χ1) is 7.36. The zero-order chi connectivity index (χ0) is 12.3. The van der Waals surface area contributed by atoms with Crippen LogP contribution >= 0.6 is 15.9 Å². The van der Waals surface area contributed by atoms with E-state index in [1.54, 1.807) is 32.0 Å². The lowest BCUT2D eigenvalue weighted by Crippen LogP contribution is -2.22. The molecule has 0 heterocycles. The highest BCUT2D eigenvalue weighted by atomic mass is 79.9. The monoisotopic (exact) mass is 307 g/mol. The fourth-order valence-electron chi connectivity index (χ4n) is 1.01. The highest BCUT2D eigenvalue weighted by Crippen LogP contribution is 2.28. The van der Waals surface area contributed by atoms with Gasteiger partial charge in [0.15, 0.2) is 0 Å². The molecule has 1 aromatic carbocycles. The first-order valence-electron chi connectivity index (χ1n) is 4.72. The van der Waals surface area contributed by atoms with Crippen LogP contribution in [-0.4, -0.2) is 20.8 Å². The largest absolute Gasteiger partial charge is 0.495 e. The van der Waals surface area contributed by atoms with Crippen molar-refractivity contribution in [2.45, 2.75) is 19.1 Å². The quantitative estimate of drug-likeness (QED) is 0.930. The molecule has 16 heavy (non-hydrogen) atoms. The number of benzene rings is 1. The van der Waals surface area contributed by atoms with E-state index in [4.69, 9.17) is 4.74 Å². The molecule has 0 bridgehead atoms. The van der Waals surface area contributed by atoms with Gasteiger partial charge < -0.3 is 4.74 Å². The molecule has 0 aromatic heterocycles. The van der Waals surface area contributed by atoms with Crippen molar-refractivity contribution < 1.29 is 13.2 Å². The molecular formula is C10H14BrNO3S. The van der Waals surface area contributed by atoms with Gasteiger partial charge in [-0.05, 0) is 41.9 Å². The van der Waals surface area contributed by atoms with E-state index in [0.29, 0.717) is 11.4 Å². The van der Waals surface area contributed by atoms with Gasteiger partial charge in [-0.2, -0.15) is 0 Å². The Bertz CT molecular complexity index is 471. The standard InChI is InChI=1S/C10H14BrNO3S/c1-7(2)16(13,14)12-8-4-5-9(11)10(6-8)15-3/h4-7,12H,1-3H3. The van der Waals surface area contributed by atoms with E-state index in [2.05, 4.69) is 20.7 Å². The van der Waals surface area contributed by atoms with Crippen molar-refractivity contribution in [2.24, 2.45) is 0 Å². The lowest BCUT2D eigenvalue weighted by atomic mass is 10.3. The van der Waals surface area contributed by atoms with Crippen molar-refractivity contribution in [3.63, 3.8) is 0 Å². The van der Waals surface area contributed by atoms with Crippen molar-refractivity contribution in [3.8, 4) is 5.75 Å². The molecule has 0 saturated heterocycles. The van der Waals surface area contributed by atoms with Gasteiger partial charge >= 0.3 is 0 Å². The maximum atomic E-state index is 11.6. The van der Waals surface area contributed by atoms with Crippen molar-refractivity contribution in [3.05, 3.63) is 22.7 Å². The molecule has 6 heteroatoms. The summed E-state index contributed by atoms with van der Waals surface area (Å²) in [6.45, 7) is 3.25. The minimum absolute atomic E-state index is 0.470. The number of sulfonamides is 1. The summed E-state index contributed by atoms with van der Waals surface area (Å²) < 4.78 is 31.6. The molecule has 1 aromatic rings. The number of hydrogen-bond donors (Lipinski definition) is 1. The zero-order valence-corrected chi connectivity index (χ0v) is 11.7. The topological polar surface area (TPSA) is 55.4 Å². The lowest BCUT2D eigenvalue weighted by Gasteiger charge is -2.12. The Morgan fingerprint density at radius 1 is 1.38 bits per heavy atom. The van der Waals surface area contributed by atoms with Gasteiger partial charge in [-0.1, -0.05) is 0 Å². The van der Waals surface area contributed by atoms with Crippen LogP contribution in [0.3, 0.4) is 0 Å². The van der Waals surface area contributed by atoms with E-state index in [-0.39, 0.29) is 0 Å². The van der Waals surface area contributed by atoms with E-state index in [0.717, 1.165) is 4.47 Å². The van der Waals surface area contributed by atoms with Gasteiger partial charge in [0, 0.05) is 6.07 Å². The number of hydrogen-bond acceptors (Lipinski definition) is 3. The van der Waals surface area contributed by atoms with Gasteiger partial charge in [0.25, 0.3) is 0 Å². The predicted octanol–water partition coefficient (Wildman–Crippen LogP) is 2.61. The van der Waals surface area contributed by atoms with Crippen molar-refractivity contribution in [2.75, 3.05) is 11.8 Å². The molecule has 0 amide bonds. The van der Waals surface area contributed by atoms with E-state index >= 15 is 0 Å². The summed E-state index contributed by atoms with van der Waals surface area (Å²) >= 11 is 3.30. The maximum absolute atomic E-state index is 11.6. The fraction of sp³-hybridized carbons (Fsp3) is 0.400. The second-order valence-electron chi connectivity index (χ2n) is 3.55. The molecule has 0 spiro atoms. The molecule has 1 N–H and O–H groups in total. The van der Waals surface area contributed by atoms with Gasteiger partial charge in [-0.3, -0.25) is 4.72 Å². The van der Waals surface area contributed by atoms with E-state index in [1.807, 2.05) is 0 Å². The summed E-state index contributed by atoms with van der Waals surface area (Å²) in [7, 11) is -1.78. The van der Waals surface area contributed by atoms with Crippen LogP contribution in [0.4, 0.5) is 5.69 Å². The zero-order valence-electron chi connectivity index (χ0n) is 9.32. The maximum Gasteiger partial charge on any atom is 0.235 e. The average molecular weight is 308 g/mol. The average Bonchev–Trinajstić information content (AvgIpc) is 2.20. The molecule has 0 saturated carbocycles. The van der Waals surface area contributed by atoms with Crippen LogP contribution < -0.4 is 9.46 Å². The highest BCUT2D eigenvalue weighted by Gasteiger charge is 2.16. The Morgan fingerprint density at radius 3 is 2.50 bits per heavy atom. The summed E-state index contributed by atoms with van der Waals surface area (Å²) in [6.07, 6.45) is 0. The Kier molecular flexibility index (Phi) is 4.21. The molecule has 0 radical (unpaired) electrons. The third-order valence-electron chi connectivity index (χ3n) is 2.03. The Labute approximate surface area is 104 Å². The Morgan fingerprint density at radius 2 is 2.00 bits per heavy atom. The number of halogens is 1. The van der Waals surface area contributed by atoms with Crippen molar-refractivity contribution in [1.82, 2.24) is 0 Å².